The second kappa shape index (κ2) is 8.63. The first kappa shape index (κ1) is 20.0. The molecule has 2 aromatic carbocycles. The maximum Gasteiger partial charge on any atom is 0.129 e. The van der Waals surface area contributed by atoms with Gasteiger partial charge in [0.15, 0.2) is 0 Å². The van der Waals surface area contributed by atoms with Crippen LogP contribution in [-0.4, -0.2) is 42.2 Å². The summed E-state index contributed by atoms with van der Waals surface area (Å²) in [5.74, 6) is 0.782. The fourth-order valence-electron chi connectivity index (χ4n) is 3.54. The lowest BCUT2D eigenvalue weighted by atomic mass is 9.89. The molecule has 5 nitrogen and oxygen atoms in total. The van der Waals surface area contributed by atoms with Crippen molar-refractivity contribution >= 4 is 39.7 Å². The summed E-state index contributed by atoms with van der Waals surface area (Å²) in [6.07, 6.45) is 8.33. The Labute approximate surface area is 181 Å². The van der Waals surface area contributed by atoms with Crippen LogP contribution in [0.1, 0.15) is 18.1 Å². The Morgan fingerprint density at radius 3 is 2.37 bits per heavy atom. The van der Waals surface area contributed by atoms with E-state index in [0.29, 0.717) is 0 Å². The van der Waals surface area contributed by atoms with Gasteiger partial charge in [0.25, 0.3) is 0 Å². The number of rotatable bonds is 5. The molecule has 0 fully saturated rings. The first-order valence-corrected chi connectivity index (χ1v) is 10.6. The molecule has 4 rings (SSSR count). The Kier molecular flexibility index (Phi) is 5.77. The van der Waals surface area contributed by atoms with Gasteiger partial charge >= 0.3 is 0 Å². The van der Waals surface area contributed by atoms with E-state index in [4.69, 9.17) is 4.74 Å². The number of nitrogens with zero attached hydrogens (tertiary/aromatic N) is 4. The first-order chi connectivity index (χ1) is 14.6. The number of benzene rings is 2. The molecule has 1 heterocycles. The van der Waals surface area contributed by atoms with Crippen molar-refractivity contribution in [1.82, 2.24) is 8.75 Å². The zero-order valence-corrected chi connectivity index (χ0v) is 18.4. The van der Waals surface area contributed by atoms with Gasteiger partial charge < -0.3 is 9.64 Å². The van der Waals surface area contributed by atoms with Gasteiger partial charge in [0, 0.05) is 31.9 Å². The van der Waals surface area contributed by atoms with Crippen LogP contribution in [0.3, 0.4) is 0 Å². The van der Waals surface area contributed by atoms with E-state index < -0.39 is 0 Å². The SMILES string of the molecule is CCN=C1C=CC(=C(c2ccc(N(C)C)cc2)c2c(OC)ccc3nsnc23)C=C1. The molecule has 0 radical (unpaired) electrons. The number of methoxy groups -OCH3 is 1. The molecule has 152 valence electrons. The summed E-state index contributed by atoms with van der Waals surface area (Å²) in [6.45, 7) is 2.80. The van der Waals surface area contributed by atoms with Crippen molar-refractivity contribution in [2.75, 3.05) is 32.6 Å². The van der Waals surface area contributed by atoms with Gasteiger partial charge in [-0.25, -0.2) is 0 Å². The number of hydrogen-bond acceptors (Lipinski definition) is 6. The van der Waals surface area contributed by atoms with Crippen LogP contribution < -0.4 is 9.64 Å². The van der Waals surface area contributed by atoms with Crippen molar-refractivity contribution in [3.8, 4) is 5.75 Å². The highest BCUT2D eigenvalue weighted by Crippen LogP contribution is 2.39. The topological polar surface area (TPSA) is 50.6 Å². The van der Waals surface area contributed by atoms with E-state index >= 15 is 0 Å². The van der Waals surface area contributed by atoms with Crippen LogP contribution in [0, 0.1) is 0 Å². The summed E-state index contributed by atoms with van der Waals surface area (Å²) in [5, 5.41) is 0. The van der Waals surface area contributed by atoms with Gasteiger partial charge in [-0.05, 0) is 54.5 Å². The van der Waals surface area contributed by atoms with Crippen LogP contribution in [0.15, 0.2) is 71.3 Å². The smallest absolute Gasteiger partial charge is 0.129 e. The normalized spacial score (nSPS) is 13.1. The molecular weight excluding hydrogens is 392 g/mol. The zero-order valence-electron chi connectivity index (χ0n) is 17.6. The number of aliphatic imine (C=N–C) groups is 1. The fourth-order valence-corrected chi connectivity index (χ4v) is 4.08. The molecule has 0 saturated heterocycles. The lowest BCUT2D eigenvalue weighted by Crippen LogP contribution is -2.08. The lowest BCUT2D eigenvalue weighted by Gasteiger charge is -2.18. The maximum atomic E-state index is 5.76. The van der Waals surface area contributed by atoms with E-state index in [2.05, 4.69) is 67.2 Å². The second-order valence-electron chi connectivity index (χ2n) is 7.11. The molecule has 1 aliphatic carbocycles. The molecule has 0 aliphatic heterocycles. The molecule has 6 heteroatoms. The average molecular weight is 417 g/mol. The van der Waals surface area contributed by atoms with Crippen molar-refractivity contribution in [2.45, 2.75) is 6.92 Å². The number of ether oxygens (including phenoxy) is 1. The number of aromatic nitrogens is 2. The summed E-state index contributed by atoms with van der Waals surface area (Å²) < 4.78 is 14.8. The third-order valence-electron chi connectivity index (χ3n) is 5.03. The molecule has 0 atom stereocenters. The van der Waals surface area contributed by atoms with Gasteiger partial charge in [0.1, 0.15) is 16.8 Å². The Bertz CT molecular complexity index is 1170. The number of anilines is 1. The van der Waals surface area contributed by atoms with E-state index in [9.17, 15) is 0 Å². The van der Waals surface area contributed by atoms with Gasteiger partial charge in [-0.3, -0.25) is 4.99 Å². The number of allylic oxidation sites excluding steroid dienone is 5. The van der Waals surface area contributed by atoms with Crippen molar-refractivity contribution in [3.63, 3.8) is 0 Å². The average Bonchev–Trinajstić information content (AvgIpc) is 3.25. The highest BCUT2D eigenvalue weighted by molar-refractivity contribution is 7.00. The van der Waals surface area contributed by atoms with Crippen LogP contribution in [0.2, 0.25) is 0 Å². The molecule has 0 amide bonds. The van der Waals surface area contributed by atoms with Gasteiger partial charge in [-0.1, -0.05) is 24.3 Å². The summed E-state index contributed by atoms with van der Waals surface area (Å²) >= 11 is 1.22. The van der Waals surface area contributed by atoms with E-state index in [1.807, 2.05) is 33.2 Å². The van der Waals surface area contributed by atoms with Crippen LogP contribution in [0.5, 0.6) is 5.75 Å². The van der Waals surface area contributed by atoms with Gasteiger partial charge in [-0.2, -0.15) is 8.75 Å². The molecule has 1 aliphatic rings. The first-order valence-electron chi connectivity index (χ1n) is 9.84. The zero-order chi connectivity index (χ0) is 21.1. The van der Waals surface area contributed by atoms with Crippen molar-refractivity contribution < 1.29 is 4.74 Å². The molecule has 3 aromatic rings. The van der Waals surface area contributed by atoms with E-state index in [0.717, 1.165) is 57.0 Å². The number of hydrogen-bond donors (Lipinski definition) is 0. The van der Waals surface area contributed by atoms with Crippen LogP contribution >= 0.6 is 11.7 Å². The Morgan fingerprint density at radius 2 is 1.73 bits per heavy atom. The standard InChI is InChI=1S/C24H24N4OS/c1-5-25-18-10-6-16(7-11-18)22(17-8-12-19(13-9-17)28(2)3)23-21(29-4)15-14-20-24(23)27-30-26-20/h6-15H,5H2,1-4H3. The van der Waals surface area contributed by atoms with E-state index in [-0.39, 0.29) is 0 Å². The molecular formula is C24H24N4OS. The minimum atomic E-state index is 0.763. The molecule has 30 heavy (non-hydrogen) atoms. The third kappa shape index (κ3) is 3.78. The maximum absolute atomic E-state index is 5.76. The van der Waals surface area contributed by atoms with E-state index in [1.54, 1.807) is 7.11 Å². The Hall–Kier alpha value is -3.25. The molecule has 0 N–H and O–H groups in total. The molecule has 0 spiro atoms. The monoisotopic (exact) mass is 416 g/mol. The molecule has 0 bridgehead atoms. The predicted molar refractivity (Wildman–Crippen MR) is 127 cm³/mol. The lowest BCUT2D eigenvalue weighted by molar-refractivity contribution is 0.414. The molecule has 0 saturated carbocycles. The Morgan fingerprint density at radius 1 is 1.00 bits per heavy atom. The van der Waals surface area contributed by atoms with Crippen molar-refractivity contribution in [1.29, 1.82) is 0 Å². The number of fused-ring (bicyclic) bond motifs is 1. The van der Waals surface area contributed by atoms with Crippen LogP contribution in [-0.2, 0) is 0 Å². The van der Waals surface area contributed by atoms with Crippen LogP contribution in [0.25, 0.3) is 16.6 Å². The second-order valence-corrected chi connectivity index (χ2v) is 7.64. The van der Waals surface area contributed by atoms with Crippen molar-refractivity contribution in [2.24, 2.45) is 4.99 Å². The highest BCUT2D eigenvalue weighted by Gasteiger charge is 2.20. The van der Waals surface area contributed by atoms with Gasteiger partial charge in [0.2, 0.25) is 0 Å². The fraction of sp³-hybridized carbons (Fsp3) is 0.208. The van der Waals surface area contributed by atoms with Crippen LogP contribution in [0.4, 0.5) is 5.69 Å². The predicted octanol–water partition coefficient (Wildman–Crippen LogP) is 5.15. The summed E-state index contributed by atoms with van der Waals surface area (Å²) in [4.78, 5) is 6.59. The minimum Gasteiger partial charge on any atom is -0.496 e. The summed E-state index contributed by atoms with van der Waals surface area (Å²) in [7, 11) is 5.78. The van der Waals surface area contributed by atoms with Crippen molar-refractivity contribution in [3.05, 3.63) is 77.4 Å². The van der Waals surface area contributed by atoms with E-state index in [1.165, 1.54) is 11.7 Å². The highest BCUT2D eigenvalue weighted by atomic mass is 32.1. The quantitative estimate of drug-likeness (QED) is 0.577. The third-order valence-corrected chi connectivity index (χ3v) is 5.57. The largest absolute Gasteiger partial charge is 0.496 e. The summed E-state index contributed by atoms with van der Waals surface area (Å²) in [5.41, 5.74) is 8.06. The minimum absolute atomic E-state index is 0.763. The molecule has 1 aromatic heterocycles. The van der Waals surface area contributed by atoms with Gasteiger partial charge in [-0.15, -0.1) is 0 Å². The van der Waals surface area contributed by atoms with Gasteiger partial charge in [0.05, 0.1) is 30.1 Å². The Balaban J connectivity index is 1.98. The summed E-state index contributed by atoms with van der Waals surface area (Å²) in [6, 6.07) is 12.5. The molecule has 0 unspecified atom stereocenters.